The number of hydrogen-bond acceptors (Lipinski definition) is 1. The van der Waals surface area contributed by atoms with Gasteiger partial charge in [0.1, 0.15) is 0 Å². The summed E-state index contributed by atoms with van der Waals surface area (Å²) in [4.78, 5) is 5.16. The lowest BCUT2D eigenvalue weighted by atomic mass is 9.86. The maximum absolute atomic E-state index is 5.16. The summed E-state index contributed by atoms with van der Waals surface area (Å²) in [6, 6.07) is 47.4. The van der Waals surface area contributed by atoms with Crippen LogP contribution in [0.1, 0.15) is 0 Å². The number of rotatable bonds is 3. The molecule has 0 saturated heterocycles. The molecule has 7 aromatic rings. The molecule has 1 heteroatoms. The Morgan fingerprint density at radius 3 is 1.31 bits per heavy atom. The molecule has 36 heavy (non-hydrogen) atoms. The molecular weight excluding hydrogens is 434 g/mol. The van der Waals surface area contributed by atoms with Crippen molar-refractivity contribution in [1.29, 1.82) is 0 Å². The van der Waals surface area contributed by atoms with Crippen LogP contribution in [-0.2, 0) is 0 Å². The molecule has 0 radical (unpaired) electrons. The van der Waals surface area contributed by atoms with E-state index in [4.69, 9.17) is 4.98 Å². The number of benzene rings is 6. The number of aromatic nitrogens is 1. The molecule has 0 amide bonds. The largest absolute Gasteiger partial charge is 0.255 e. The molecule has 0 N–H and O–H groups in total. The van der Waals surface area contributed by atoms with Crippen LogP contribution in [-0.4, -0.2) is 4.98 Å². The van der Waals surface area contributed by atoms with Crippen molar-refractivity contribution in [2.75, 3.05) is 0 Å². The van der Waals surface area contributed by atoms with Gasteiger partial charge in [0.2, 0.25) is 0 Å². The van der Waals surface area contributed by atoms with Gasteiger partial charge >= 0.3 is 0 Å². The van der Waals surface area contributed by atoms with Crippen molar-refractivity contribution >= 4 is 32.3 Å². The highest BCUT2D eigenvalue weighted by Crippen LogP contribution is 2.45. The highest BCUT2D eigenvalue weighted by Gasteiger charge is 2.19. The molecular formula is C35H23N. The van der Waals surface area contributed by atoms with Crippen LogP contribution < -0.4 is 0 Å². The third kappa shape index (κ3) is 3.21. The maximum atomic E-state index is 5.16. The Labute approximate surface area is 210 Å². The van der Waals surface area contributed by atoms with Gasteiger partial charge in [-0.1, -0.05) is 133 Å². The molecule has 0 aliphatic carbocycles. The first kappa shape index (κ1) is 20.6. The second-order valence-electron chi connectivity index (χ2n) is 9.14. The predicted octanol–water partition coefficient (Wildman–Crippen LogP) is 9.54. The van der Waals surface area contributed by atoms with E-state index in [-0.39, 0.29) is 0 Å². The van der Waals surface area contributed by atoms with E-state index in [9.17, 15) is 0 Å². The highest BCUT2D eigenvalue weighted by molar-refractivity contribution is 6.23. The van der Waals surface area contributed by atoms with Crippen molar-refractivity contribution in [3.8, 4) is 33.5 Å². The van der Waals surface area contributed by atoms with Crippen molar-refractivity contribution in [3.63, 3.8) is 0 Å². The van der Waals surface area contributed by atoms with E-state index in [0.717, 1.165) is 11.3 Å². The fraction of sp³-hybridized carbons (Fsp3) is 0. The molecule has 7 rings (SSSR count). The Morgan fingerprint density at radius 1 is 0.333 bits per heavy atom. The lowest BCUT2D eigenvalue weighted by Crippen LogP contribution is -1.94. The zero-order chi connectivity index (χ0) is 23.9. The van der Waals surface area contributed by atoms with Gasteiger partial charge in [0, 0.05) is 22.7 Å². The Balaban J connectivity index is 1.62. The second kappa shape index (κ2) is 8.48. The highest BCUT2D eigenvalue weighted by atomic mass is 14.7. The van der Waals surface area contributed by atoms with E-state index in [0.29, 0.717) is 0 Å². The molecule has 6 aromatic carbocycles. The van der Waals surface area contributed by atoms with E-state index in [2.05, 4.69) is 133 Å². The van der Waals surface area contributed by atoms with Gasteiger partial charge in [0.05, 0.1) is 5.69 Å². The molecule has 0 atom stereocenters. The molecule has 0 spiro atoms. The minimum atomic E-state index is 1.03. The van der Waals surface area contributed by atoms with Crippen LogP contribution in [0.2, 0.25) is 0 Å². The summed E-state index contributed by atoms with van der Waals surface area (Å²) < 4.78 is 0. The number of pyridine rings is 1. The fourth-order valence-corrected chi connectivity index (χ4v) is 5.54. The van der Waals surface area contributed by atoms with Crippen molar-refractivity contribution in [1.82, 2.24) is 4.98 Å². The zero-order valence-electron chi connectivity index (χ0n) is 19.7. The molecule has 0 unspecified atom stereocenters. The summed E-state index contributed by atoms with van der Waals surface area (Å²) in [6.45, 7) is 0. The molecule has 1 heterocycles. The van der Waals surface area contributed by atoms with E-state index >= 15 is 0 Å². The van der Waals surface area contributed by atoms with Crippen molar-refractivity contribution in [2.45, 2.75) is 0 Å². The molecule has 0 fully saturated rings. The second-order valence-corrected chi connectivity index (χ2v) is 9.14. The number of fused-ring (bicyclic) bond motifs is 3. The molecule has 0 aliphatic rings. The van der Waals surface area contributed by atoms with Crippen molar-refractivity contribution < 1.29 is 0 Å². The van der Waals surface area contributed by atoms with E-state index < -0.39 is 0 Å². The lowest BCUT2D eigenvalue weighted by Gasteiger charge is -2.19. The minimum Gasteiger partial charge on any atom is -0.255 e. The average molecular weight is 458 g/mol. The Morgan fingerprint density at radius 2 is 0.750 bits per heavy atom. The number of hydrogen-bond donors (Lipinski definition) is 0. The molecule has 0 aliphatic heterocycles. The third-order valence-corrected chi connectivity index (χ3v) is 7.11. The molecule has 0 saturated carbocycles. The van der Waals surface area contributed by atoms with Crippen LogP contribution in [0.5, 0.6) is 0 Å². The van der Waals surface area contributed by atoms with Gasteiger partial charge in [0.25, 0.3) is 0 Å². The van der Waals surface area contributed by atoms with Crippen molar-refractivity contribution in [2.24, 2.45) is 0 Å². The Hall–Kier alpha value is -4.75. The van der Waals surface area contributed by atoms with Crippen molar-refractivity contribution in [3.05, 3.63) is 140 Å². The summed E-state index contributed by atoms with van der Waals surface area (Å²) in [5, 5.41) is 7.32. The predicted molar refractivity (Wildman–Crippen MR) is 153 cm³/mol. The quantitative estimate of drug-likeness (QED) is 0.241. The summed E-state index contributed by atoms with van der Waals surface area (Å²) in [5.74, 6) is 0. The third-order valence-electron chi connectivity index (χ3n) is 7.11. The lowest BCUT2D eigenvalue weighted by molar-refractivity contribution is 1.37. The summed E-state index contributed by atoms with van der Waals surface area (Å²) >= 11 is 0. The maximum Gasteiger partial charge on any atom is 0.0793 e. The van der Waals surface area contributed by atoms with Gasteiger partial charge < -0.3 is 0 Å². The summed E-state index contributed by atoms with van der Waals surface area (Å²) in [7, 11) is 0. The van der Waals surface area contributed by atoms with Gasteiger partial charge in [-0.05, 0) is 43.6 Å². The zero-order valence-corrected chi connectivity index (χ0v) is 19.7. The topological polar surface area (TPSA) is 12.9 Å². The fourth-order valence-electron chi connectivity index (χ4n) is 5.54. The molecule has 1 aromatic heterocycles. The van der Waals surface area contributed by atoms with E-state index in [1.807, 2.05) is 6.20 Å². The minimum absolute atomic E-state index is 1.03. The summed E-state index contributed by atoms with van der Waals surface area (Å²) in [5.41, 5.74) is 7.06. The monoisotopic (exact) mass is 457 g/mol. The van der Waals surface area contributed by atoms with Gasteiger partial charge in [-0.2, -0.15) is 0 Å². The van der Waals surface area contributed by atoms with Gasteiger partial charge in [0.15, 0.2) is 0 Å². The normalized spacial score (nSPS) is 11.3. The first-order valence-corrected chi connectivity index (χ1v) is 12.3. The SMILES string of the molecule is c1ccc(-c2cnc(-c3c4ccccc4c(-c4ccccc4)c4ccccc34)c3ccccc23)cc1. The molecule has 0 bridgehead atoms. The van der Waals surface area contributed by atoms with E-state index in [1.165, 1.54) is 54.6 Å². The van der Waals surface area contributed by atoms with Crippen LogP contribution in [0.15, 0.2) is 140 Å². The summed E-state index contributed by atoms with van der Waals surface area (Å²) in [6.07, 6.45) is 2.04. The molecule has 1 nitrogen and oxygen atoms in total. The number of nitrogens with zero attached hydrogens (tertiary/aromatic N) is 1. The smallest absolute Gasteiger partial charge is 0.0793 e. The van der Waals surface area contributed by atoms with Crippen LogP contribution in [0, 0.1) is 0 Å². The Bertz CT molecular complexity index is 1810. The van der Waals surface area contributed by atoms with Crippen LogP contribution >= 0.6 is 0 Å². The Kier molecular flexibility index (Phi) is 4.85. The van der Waals surface area contributed by atoms with Gasteiger partial charge in [-0.15, -0.1) is 0 Å². The van der Waals surface area contributed by atoms with Gasteiger partial charge in [-0.25, -0.2) is 0 Å². The van der Waals surface area contributed by atoms with Crippen LogP contribution in [0.25, 0.3) is 65.8 Å². The molecule has 168 valence electrons. The van der Waals surface area contributed by atoms with Gasteiger partial charge in [-0.3, -0.25) is 4.98 Å². The average Bonchev–Trinajstić information content (AvgIpc) is 2.96. The van der Waals surface area contributed by atoms with E-state index in [1.54, 1.807) is 0 Å². The standard InChI is InChI=1S/C35H23N/c1-3-13-24(14-4-1)32-23-36-35(31-22-12-7-17-26(31)32)34-29-20-10-8-18-27(29)33(25-15-5-2-6-16-25)28-19-9-11-21-30(28)34/h1-23H. The van der Waals surface area contributed by atoms with Crippen LogP contribution in [0.3, 0.4) is 0 Å². The first-order chi connectivity index (χ1) is 17.9. The van der Waals surface area contributed by atoms with Crippen LogP contribution in [0.4, 0.5) is 0 Å². The first-order valence-electron chi connectivity index (χ1n) is 12.3.